The SMILES string of the molecule is Cc1cc(OCC(=O)Oc2ccc3c(c2)OC(N)=C(C#N)C3c2cccc(OCc3ccc(Cl)cc3)c2)ccc1Cl. The number of hydrogen-bond acceptors (Lipinski definition) is 7. The first-order chi connectivity index (χ1) is 19.8. The minimum Gasteiger partial charge on any atom is -0.489 e. The van der Waals surface area contributed by atoms with Crippen LogP contribution in [0.1, 0.15) is 28.2 Å². The lowest BCUT2D eigenvalue weighted by molar-refractivity contribution is -0.136. The lowest BCUT2D eigenvalue weighted by atomic mass is 9.83. The van der Waals surface area contributed by atoms with E-state index in [1.807, 2.05) is 43.3 Å². The summed E-state index contributed by atoms with van der Waals surface area (Å²) in [7, 11) is 0. The Labute approximate surface area is 247 Å². The van der Waals surface area contributed by atoms with E-state index in [-0.39, 0.29) is 23.8 Å². The molecule has 1 aliphatic rings. The lowest BCUT2D eigenvalue weighted by Crippen LogP contribution is -2.21. The van der Waals surface area contributed by atoms with Gasteiger partial charge < -0.3 is 24.7 Å². The molecule has 0 amide bonds. The van der Waals surface area contributed by atoms with Crippen LogP contribution < -0.4 is 24.7 Å². The van der Waals surface area contributed by atoms with Crippen molar-refractivity contribution in [2.75, 3.05) is 6.61 Å². The molecular formula is C32H24Cl2N2O5. The van der Waals surface area contributed by atoms with Crippen LogP contribution >= 0.6 is 23.2 Å². The predicted octanol–water partition coefficient (Wildman–Crippen LogP) is 7.08. The summed E-state index contributed by atoms with van der Waals surface area (Å²) in [6, 6.07) is 27.1. The number of carbonyl (C=O) groups excluding carboxylic acids is 1. The van der Waals surface area contributed by atoms with Crippen LogP contribution in [0.3, 0.4) is 0 Å². The van der Waals surface area contributed by atoms with E-state index in [1.54, 1.807) is 48.5 Å². The maximum Gasteiger partial charge on any atom is 0.349 e. The number of ether oxygens (including phenoxy) is 4. The molecule has 1 atom stereocenters. The van der Waals surface area contributed by atoms with E-state index >= 15 is 0 Å². The Balaban J connectivity index is 1.33. The topological polar surface area (TPSA) is 104 Å². The van der Waals surface area contributed by atoms with Gasteiger partial charge in [-0.25, -0.2) is 4.79 Å². The van der Waals surface area contributed by atoms with Gasteiger partial charge in [-0.05, 0) is 72.1 Å². The Hall–Kier alpha value is -4.64. The molecule has 1 aliphatic heterocycles. The van der Waals surface area contributed by atoms with E-state index in [9.17, 15) is 10.1 Å². The van der Waals surface area contributed by atoms with Gasteiger partial charge in [0.05, 0.1) is 5.92 Å². The van der Waals surface area contributed by atoms with Crippen molar-refractivity contribution in [1.82, 2.24) is 0 Å². The number of nitriles is 1. The summed E-state index contributed by atoms with van der Waals surface area (Å²) in [5.41, 5.74) is 9.71. The molecule has 0 saturated carbocycles. The van der Waals surface area contributed by atoms with E-state index < -0.39 is 11.9 Å². The van der Waals surface area contributed by atoms with E-state index in [2.05, 4.69) is 6.07 Å². The van der Waals surface area contributed by atoms with Gasteiger partial charge in [0.2, 0.25) is 5.88 Å². The number of nitrogens with zero attached hydrogens (tertiary/aromatic N) is 1. The van der Waals surface area contributed by atoms with Gasteiger partial charge >= 0.3 is 5.97 Å². The number of halogens is 2. The summed E-state index contributed by atoms with van der Waals surface area (Å²) < 4.78 is 22.8. The van der Waals surface area contributed by atoms with Crippen molar-refractivity contribution < 1.29 is 23.7 Å². The molecule has 4 aromatic carbocycles. The van der Waals surface area contributed by atoms with Gasteiger partial charge in [0.1, 0.15) is 41.2 Å². The molecule has 1 unspecified atom stereocenters. The molecule has 0 radical (unpaired) electrons. The fraction of sp³-hybridized carbons (Fsp3) is 0.125. The molecule has 7 nitrogen and oxygen atoms in total. The Kier molecular flexibility index (Phi) is 8.34. The van der Waals surface area contributed by atoms with E-state index in [0.29, 0.717) is 39.5 Å². The largest absolute Gasteiger partial charge is 0.489 e. The number of carbonyl (C=O) groups is 1. The second kappa shape index (κ2) is 12.3. The first kappa shape index (κ1) is 27.9. The Morgan fingerprint density at radius 2 is 1.71 bits per heavy atom. The molecular weight excluding hydrogens is 563 g/mol. The Morgan fingerprint density at radius 3 is 2.46 bits per heavy atom. The van der Waals surface area contributed by atoms with Crippen molar-refractivity contribution in [3.8, 4) is 29.1 Å². The van der Waals surface area contributed by atoms with Crippen LogP contribution in [-0.4, -0.2) is 12.6 Å². The molecule has 2 N–H and O–H groups in total. The summed E-state index contributed by atoms with van der Waals surface area (Å²) in [6.07, 6.45) is 0. The number of nitrogens with two attached hydrogens (primary N) is 1. The molecule has 0 aromatic heterocycles. The van der Waals surface area contributed by atoms with Gasteiger partial charge in [0, 0.05) is 21.7 Å². The smallest absolute Gasteiger partial charge is 0.349 e. The summed E-state index contributed by atoms with van der Waals surface area (Å²) in [4.78, 5) is 12.5. The number of hydrogen-bond donors (Lipinski definition) is 1. The number of aryl methyl sites for hydroxylation is 1. The maximum atomic E-state index is 12.5. The van der Waals surface area contributed by atoms with Crippen molar-refractivity contribution in [2.24, 2.45) is 5.73 Å². The van der Waals surface area contributed by atoms with Crippen LogP contribution in [0.25, 0.3) is 0 Å². The summed E-state index contributed by atoms with van der Waals surface area (Å²) in [5.74, 6) is 0.614. The van der Waals surface area contributed by atoms with Gasteiger partial charge in [0.25, 0.3) is 0 Å². The highest BCUT2D eigenvalue weighted by Gasteiger charge is 2.31. The second-order valence-electron chi connectivity index (χ2n) is 9.29. The molecule has 41 heavy (non-hydrogen) atoms. The number of esters is 1. The highest BCUT2D eigenvalue weighted by Crippen LogP contribution is 2.44. The molecule has 0 aliphatic carbocycles. The summed E-state index contributed by atoms with van der Waals surface area (Å²) in [6.45, 7) is 1.89. The van der Waals surface area contributed by atoms with Crippen molar-refractivity contribution >= 4 is 29.2 Å². The fourth-order valence-corrected chi connectivity index (χ4v) is 4.63. The zero-order chi connectivity index (χ0) is 28.9. The second-order valence-corrected chi connectivity index (χ2v) is 10.1. The number of fused-ring (bicyclic) bond motifs is 1. The first-order valence-electron chi connectivity index (χ1n) is 12.6. The maximum absolute atomic E-state index is 12.5. The monoisotopic (exact) mass is 586 g/mol. The van der Waals surface area contributed by atoms with E-state index in [4.69, 9.17) is 47.9 Å². The fourth-order valence-electron chi connectivity index (χ4n) is 4.38. The number of benzene rings is 4. The van der Waals surface area contributed by atoms with Gasteiger partial charge in [-0.3, -0.25) is 0 Å². The highest BCUT2D eigenvalue weighted by atomic mass is 35.5. The van der Waals surface area contributed by atoms with Crippen molar-refractivity contribution in [3.05, 3.63) is 129 Å². The third-order valence-corrected chi connectivity index (χ3v) is 7.09. The Morgan fingerprint density at radius 1 is 0.951 bits per heavy atom. The van der Waals surface area contributed by atoms with Crippen LogP contribution in [0.15, 0.2) is 96.4 Å². The third-order valence-electron chi connectivity index (χ3n) is 6.42. The molecule has 206 valence electrons. The quantitative estimate of drug-likeness (QED) is 0.174. The molecule has 4 aromatic rings. The highest BCUT2D eigenvalue weighted by molar-refractivity contribution is 6.31. The molecule has 0 saturated heterocycles. The van der Waals surface area contributed by atoms with Gasteiger partial charge in [0.15, 0.2) is 6.61 Å². The summed E-state index contributed by atoms with van der Waals surface area (Å²) >= 11 is 12.0. The van der Waals surface area contributed by atoms with Crippen LogP contribution in [0.2, 0.25) is 10.0 Å². The number of allylic oxidation sites excluding steroid dienone is 1. The van der Waals surface area contributed by atoms with Crippen LogP contribution in [0.4, 0.5) is 0 Å². The first-order valence-corrected chi connectivity index (χ1v) is 13.3. The molecule has 9 heteroatoms. The van der Waals surface area contributed by atoms with Crippen LogP contribution in [-0.2, 0) is 11.4 Å². The predicted molar refractivity (Wildman–Crippen MR) is 155 cm³/mol. The van der Waals surface area contributed by atoms with E-state index in [1.165, 1.54) is 0 Å². The van der Waals surface area contributed by atoms with Gasteiger partial charge in [-0.2, -0.15) is 5.26 Å². The Bertz CT molecular complexity index is 1680. The normalized spacial score (nSPS) is 14.0. The molecule has 0 bridgehead atoms. The van der Waals surface area contributed by atoms with Crippen LogP contribution in [0.5, 0.6) is 23.0 Å². The van der Waals surface area contributed by atoms with Gasteiger partial charge in [-0.1, -0.05) is 53.5 Å². The van der Waals surface area contributed by atoms with E-state index in [0.717, 1.165) is 16.7 Å². The zero-order valence-electron chi connectivity index (χ0n) is 21.9. The number of rotatable bonds is 8. The molecule has 5 rings (SSSR count). The average Bonchev–Trinajstić information content (AvgIpc) is 2.97. The van der Waals surface area contributed by atoms with Crippen molar-refractivity contribution in [2.45, 2.75) is 19.4 Å². The molecule has 1 heterocycles. The van der Waals surface area contributed by atoms with Crippen LogP contribution in [0, 0.1) is 18.3 Å². The average molecular weight is 587 g/mol. The minimum atomic E-state index is -0.600. The molecule has 0 fully saturated rings. The minimum absolute atomic E-state index is 0.0256. The van der Waals surface area contributed by atoms with Gasteiger partial charge in [-0.15, -0.1) is 0 Å². The third kappa shape index (κ3) is 6.58. The lowest BCUT2D eigenvalue weighted by Gasteiger charge is -2.27. The zero-order valence-corrected chi connectivity index (χ0v) is 23.4. The summed E-state index contributed by atoms with van der Waals surface area (Å²) in [5, 5.41) is 11.2. The molecule has 0 spiro atoms. The standard InChI is InChI=1S/C32H24Cl2N2O5/c1-19-13-24(10-12-28(19)34)39-18-30(37)40-25-9-11-26-29(15-25)41-32(36)27(16-35)31(26)21-3-2-4-23(14-21)38-17-20-5-7-22(33)8-6-20/h2-15,31H,17-18,36H2,1H3. The van der Waals surface area contributed by atoms with Crippen molar-refractivity contribution in [1.29, 1.82) is 5.26 Å². The van der Waals surface area contributed by atoms with Crippen molar-refractivity contribution in [3.63, 3.8) is 0 Å².